The van der Waals surface area contributed by atoms with Gasteiger partial charge in [-0.1, -0.05) is 48.5 Å². The number of benzene rings is 4. The Labute approximate surface area is 207 Å². The van der Waals surface area contributed by atoms with Crippen LogP contribution >= 0.6 is 0 Å². The Morgan fingerprint density at radius 1 is 0.800 bits per heavy atom. The zero-order valence-electron chi connectivity index (χ0n) is 20.2. The number of fused-ring (bicyclic) bond motifs is 1. The molecule has 4 aromatic carbocycles. The van der Waals surface area contributed by atoms with Crippen LogP contribution in [0.5, 0.6) is 11.5 Å². The van der Waals surface area contributed by atoms with Crippen LogP contribution in [-0.4, -0.2) is 43.5 Å². The summed E-state index contributed by atoms with van der Waals surface area (Å²) >= 11 is 0. The lowest BCUT2D eigenvalue weighted by Crippen LogP contribution is -2.25. The molecule has 0 spiro atoms. The van der Waals surface area contributed by atoms with Gasteiger partial charge in [0.05, 0.1) is 6.61 Å². The maximum atomic E-state index is 13.9. The second-order valence-corrected chi connectivity index (χ2v) is 8.92. The Balaban J connectivity index is 1.42. The highest BCUT2D eigenvalue weighted by atomic mass is 16.5. The van der Waals surface area contributed by atoms with E-state index in [4.69, 9.17) is 9.47 Å². The van der Waals surface area contributed by atoms with Crippen LogP contribution < -0.4 is 9.47 Å². The number of carbonyl (C=O) groups is 1. The highest BCUT2D eigenvalue weighted by Gasteiger charge is 2.19. The predicted octanol–water partition coefficient (Wildman–Crippen LogP) is 6.61. The monoisotopic (exact) mass is 465 g/mol. The van der Waals surface area contributed by atoms with Crippen molar-refractivity contribution >= 4 is 16.6 Å². The van der Waals surface area contributed by atoms with Crippen molar-refractivity contribution in [2.75, 3.05) is 32.8 Å². The number of carbonyl (C=O) groups excluding carboxylic acids is 1. The van der Waals surface area contributed by atoms with Crippen LogP contribution in [0.25, 0.3) is 21.9 Å². The molecule has 0 aromatic heterocycles. The van der Waals surface area contributed by atoms with Crippen molar-refractivity contribution in [3.05, 3.63) is 96.1 Å². The molecule has 0 atom stereocenters. The average molecular weight is 466 g/mol. The molecule has 1 fully saturated rings. The van der Waals surface area contributed by atoms with Gasteiger partial charge in [0.1, 0.15) is 18.1 Å². The molecular formula is C31H31NO3. The maximum Gasteiger partial charge on any atom is 0.194 e. The first-order valence-corrected chi connectivity index (χ1v) is 12.5. The fraction of sp³-hybridized carbons (Fsp3) is 0.258. The molecule has 0 bridgehead atoms. The van der Waals surface area contributed by atoms with Crippen molar-refractivity contribution in [3.63, 3.8) is 0 Å². The van der Waals surface area contributed by atoms with E-state index < -0.39 is 0 Å². The molecule has 1 heterocycles. The summed E-state index contributed by atoms with van der Waals surface area (Å²) in [6.07, 6.45) is 2.56. The summed E-state index contributed by atoms with van der Waals surface area (Å²) in [6, 6.07) is 27.7. The first kappa shape index (κ1) is 23.1. The van der Waals surface area contributed by atoms with Gasteiger partial charge in [0.15, 0.2) is 5.78 Å². The van der Waals surface area contributed by atoms with Gasteiger partial charge < -0.3 is 9.47 Å². The third kappa shape index (κ3) is 5.23. The zero-order chi connectivity index (χ0) is 24.0. The van der Waals surface area contributed by atoms with E-state index in [1.165, 1.54) is 25.9 Å². The molecular weight excluding hydrogens is 434 g/mol. The zero-order valence-corrected chi connectivity index (χ0v) is 20.2. The molecule has 35 heavy (non-hydrogen) atoms. The quantitative estimate of drug-likeness (QED) is 0.261. The number of nitrogens with zero attached hydrogens (tertiary/aromatic N) is 1. The Bertz CT molecular complexity index is 1290. The van der Waals surface area contributed by atoms with E-state index in [2.05, 4.69) is 11.0 Å². The van der Waals surface area contributed by atoms with Gasteiger partial charge in [-0.15, -0.1) is 0 Å². The predicted molar refractivity (Wildman–Crippen MR) is 142 cm³/mol. The minimum absolute atomic E-state index is 0.00861. The Morgan fingerprint density at radius 2 is 1.49 bits per heavy atom. The summed E-state index contributed by atoms with van der Waals surface area (Å²) < 4.78 is 11.5. The Morgan fingerprint density at radius 3 is 2.23 bits per heavy atom. The van der Waals surface area contributed by atoms with Crippen LogP contribution in [0, 0.1) is 0 Å². The molecule has 0 saturated carbocycles. The molecule has 1 aliphatic rings. The van der Waals surface area contributed by atoms with Gasteiger partial charge >= 0.3 is 0 Å². The van der Waals surface area contributed by atoms with E-state index in [-0.39, 0.29) is 5.78 Å². The number of rotatable bonds is 9. The fourth-order valence-electron chi connectivity index (χ4n) is 4.80. The summed E-state index contributed by atoms with van der Waals surface area (Å²) in [5.41, 5.74) is 3.28. The number of hydrogen-bond donors (Lipinski definition) is 0. The second kappa shape index (κ2) is 10.7. The van der Waals surface area contributed by atoms with Gasteiger partial charge in [-0.2, -0.15) is 0 Å². The molecule has 0 amide bonds. The second-order valence-electron chi connectivity index (χ2n) is 8.92. The van der Waals surface area contributed by atoms with Gasteiger partial charge in [0.2, 0.25) is 0 Å². The lowest BCUT2D eigenvalue weighted by atomic mass is 9.89. The highest BCUT2D eigenvalue weighted by molar-refractivity contribution is 6.20. The molecule has 178 valence electrons. The summed E-state index contributed by atoms with van der Waals surface area (Å²) in [5, 5.41) is 2.00. The third-order valence-electron chi connectivity index (χ3n) is 6.62. The van der Waals surface area contributed by atoms with Gasteiger partial charge in [-0.05, 0) is 91.2 Å². The van der Waals surface area contributed by atoms with Crippen molar-refractivity contribution in [1.82, 2.24) is 4.90 Å². The molecule has 4 aromatic rings. The summed E-state index contributed by atoms with van der Waals surface area (Å²) in [6.45, 7) is 6.53. The lowest BCUT2D eigenvalue weighted by molar-refractivity contribution is 0.104. The van der Waals surface area contributed by atoms with Gasteiger partial charge in [-0.25, -0.2) is 0 Å². The van der Waals surface area contributed by atoms with Crippen molar-refractivity contribution in [3.8, 4) is 22.6 Å². The minimum atomic E-state index is 0.00861. The minimum Gasteiger partial charge on any atom is -0.494 e. The molecule has 0 aliphatic carbocycles. The van der Waals surface area contributed by atoms with E-state index >= 15 is 0 Å². The Kier molecular flexibility index (Phi) is 7.10. The summed E-state index contributed by atoms with van der Waals surface area (Å²) in [5.74, 6) is 1.63. The van der Waals surface area contributed by atoms with Gasteiger partial charge in [-0.3, -0.25) is 9.69 Å². The summed E-state index contributed by atoms with van der Waals surface area (Å²) in [7, 11) is 0. The number of hydrogen-bond acceptors (Lipinski definition) is 4. The SMILES string of the molecule is CCOc1ccc(-c2ccc3ccccc3c2C(=O)c2ccc(OCCN3CCCC3)cc2)cc1. The maximum absolute atomic E-state index is 13.9. The van der Waals surface area contributed by atoms with Crippen LogP contribution in [0.15, 0.2) is 84.9 Å². The summed E-state index contributed by atoms with van der Waals surface area (Å²) in [4.78, 5) is 16.3. The van der Waals surface area contributed by atoms with Crippen molar-refractivity contribution in [2.24, 2.45) is 0 Å². The van der Waals surface area contributed by atoms with E-state index in [0.29, 0.717) is 18.8 Å². The molecule has 0 radical (unpaired) electrons. The first-order valence-electron chi connectivity index (χ1n) is 12.5. The topological polar surface area (TPSA) is 38.8 Å². The smallest absolute Gasteiger partial charge is 0.194 e. The van der Waals surface area contributed by atoms with Gasteiger partial charge in [0, 0.05) is 17.7 Å². The third-order valence-corrected chi connectivity index (χ3v) is 6.62. The molecule has 4 heteroatoms. The van der Waals surface area contributed by atoms with Crippen LogP contribution in [-0.2, 0) is 0 Å². The van der Waals surface area contributed by atoms with Crippen molar-refractivity contribution in [2.45, 2.75) is 19.8 Å². The lowest BCUT2D eigenvalue weighted by Gasteiger charge is -2.15. The Hall–Kier alpha value is -3.63. The van der Waals surface area contributed by atoms with E-state index in [9.17, 15) is 4.79 Å². The first-order chi connectivity index (χ1) is 17.2. The fourth-order valence-corrected chi connectivity index (χ4v) is 4.80. The molecule has 1 aliphatic heterocycles. The van der Waals surface area contributed by atoms with Crippen LogP contribution in [0.1, 0.15) is 35.7 Å². The normalized spacial score (nSPS) is 13.7. The molecule has 4 nitrogen and oxygen atoms in total. The van der Waals surface area contributed by atoms with E-state index in [1.807, 2.05) is 85.8 Å². The molecule has 0 unspecified atom stereocenters. The van der Waals surface area contributed by atoms with Crippen molar-refractivity contribution in [1.29, 1.82) is 0 Å². The van der Waals surface area contributed by atoms with Gasteiger partial charge in [0.25, 0.3) is 0 Å². The van der Waals surface area contributed by atoms with Crippen LogP contribution in [0.3, 0.4) is 0 Å². The van der Waals surface area contributed by atoms with E-state index in [0.717, 1.165) is 45.5 Å². The molecule has 1 saturated heterocycles. The number of likely N-dealkylation sites (tertiary alicyclic amines) is 1. The van der Waals surface area contributed by atoms with Crippen LogP contribution in [0.4, 0.5) is 0 Å². The largest absolute Gasteiger partial charge is 0.494 e. The number of ether oxygens (including phenoxy) is 2. The van der Waals surface area contributed by atoms with E-state index in [1.54, 1.807) is 0 Å². The number of ketones is 1. The highest BCUT2D eigenvalue weighted by Crippen LogP contribution is 2.33. The average Bonchev–Trinajstić information content (AvgIpc) is 3.42. The molecule has 0 N–H and O–H groups in total. The standard InChI is InChI=1S/C31H31NO3/c1-2-34-26-14-9-24(10-15-26)29-18-13-23-7-3-4-8-28(23)30(29)31(33)25-11-16-27(17-12-25)35-22-21-32-19-5-6-20-32/h3-4,7-18H,2,5-6,19-22H2,1H3. The van der Waals surface area contributed by atoms with Crippen molar-refractivity contribution < 1.29 is 14.3 Å². The van der Waals surface area contributed by atoms with Crippen LogP contribution in [0.2, 0.25) is 0 Å². The molecule has 5 rings (SSSR count).